The van der Waals surface area contributed by atoms with Gasteiger partial charge in [0.25, 0.3) is 0 Å². The van der Waals surface area contributed by atoms with Crippen LogP contribution in [0.5, 0.6) is 0 Å². The third kappa shape index (κ3) is 11.6. The minimum absolute atomic E-state index is 0.210. The van der Waals surface area contributed by atoms with E-state index in [1.807, 2.05) is 0 Å². The van der Waals surface area contributed by atoms with Gasteiger partial charge >= 0.3 is 17.9 Å². The van der Waals surface area contributed by atoms with Crippen molar-refractivity contribution in [2.24, 2.45) is 11.5 Å². The van der Waals surface area contributed by atoms with E-state index < -0.39 is 85.0 Å². The van der Waals surface area contributed by atoms with E-state index in [0.717, 1.165) is 0 Å². The maximum absolute atomic E-state index is 13.0. The Morgan fingerprint density at radius 2 is 1.41 bits per heavy atom. The van der Waals surface area contributed by atoms with E-state index >= 15 is 0 Å². The Kier molecular flexibility index (Phi) is 12.2. The van der Waals surface area contributed by atoms with E-state index in [4.69, 9.17) is 21.7 Å². The van der Waals surface area contributed by atoms with Crippen molar-refractivity contribution in [3.05, 3.63) is 18.2 Å². The molecule has 1 rings (SSSR count). The highest BCUT2D eigenvalue weighted by Gasteiger charge is 2.31. The zero-order valence-electron chi connectivity index (χ0n) is 19.5. The molecule has 17 heteroatoms. The van der Waals surface area contributed by atoms with Crippen LogP contribution in [0, 0.1) is 0 Å². The number of H-pyrrole nitrogens is 1. The molecule has 0 fully saturated rings. The summed E-state index contributed by atoms with van der Waals surface area (Å²) in [6.07, 6.45) is -0.000520. The second kappa shape index (κ2) is 14.8. The maximum atomic E-state index is 13.0. The van der Waals surface area contributed by atoms with Crippen molar-refractivity contribution < 1.29 is 48.9 Å². The van der Waals surface area contributed by atoms with E-state index in [1.165, 1.54) is 12.5 Å². The van der Waals surface area contributed by atoms with Crippen LogP contribution < -0.4 is 27.4 Å². The average Bonchev–Trinajstić information content (AvgIpc) is 3.30. The number of hydrogen-bond acceptors (Lipinski definition) is 9. The van der Waals surface area contributed by atoms with Gasteiger partial charge in [0, 0.05) is 31.2 Å². The number of aromatic amines is 1. The van der Waals surface area contributed by atoms with Crippen LogP contribution in [0.3, 0.4) is 0 Å². The molecule has 0 saturated carbocycles. The van der Waals surface area contributed by atoms with Gasteiger partial charge in [0.2, 0.25) is 23.6 Å². The zero-order valence-corrected chi connectivity index (χ0v) is 19.5. The Bertz CT molecular complexity index is 998. The predicted molar refractivity (Wildman–Crippen MR) is 121 cm³/mol. The van der Waals surface area contributed by atoms with Crippen molar-refractivity contribution in [1.29, 1.82) is 0 Å². The van der Waals surface area contributed by atoms with Gasteiger partial charge in [-0.3, -0.25) is 28.8 Å². The molecule has 0 aliphatic carbocycles. The number of primary amides is 1. The molecule has 37 heavy (non-hydrogen) atoms. The van der Waals surface area contributed by atoms with E-state index in [1.54, 1.807) is 0 Å². The summed E-state index contributed by atoms with van der Waals surface area (Å²) in [5.74, 6) is -7.95. The van der Waals surface area contributed by atoms with Crippen LogP contribution >= 0.6 is 0 Å². The quantitative estimate of drug-likeness (QED) is 0.0950. The summed E-state index contributed by atoms with van der Waals surface area (Å²) in [4.78, 5) is 88.9. The molecule has 4 amide bonds. The lowest BCUT2D eigenvalue weighted by molar-refractivity contribution is -0.142. The number of imidazole rings is 1. The number of aromatic nitrogens is 2. The third-order valence-corrected chi connectivity index (χ3v) is 4.92. The highest BCUT2D eigenvalue weighted by molar-refractivity contribution is 5.95. The summed E-state index contributed by atoms with van der Waals surface area (Å²) in [6, 6.07) is -6.01. The Hall–Kier alpha value is -4.54. The van der Waals surface area contributed by atoms with E-state index in [0.29, 0.717) is 5.69 Å². The molecule has 0 saturated heterocycles. The second-order valence-corrected chi connectivity index (χ2v) is 7.94. The van der Waals surface area contributed by atoms with Gasteiger partial charge in [0.15, 0.2) is 0 Å². The molecule has 17 nitrogen and oxygen atoms in total. The van der Waals surface area contributed by atoms with Crippen LogP contribution in [0.2, 0.25) is 0 Å². The molecule has 204 valence electrons. The van der Waals surface area contributed by atoms with Gasteiger partial charge < -0.3 is 47.7 Å². The van der Waals surface area contributed by atoms with Gasteiger partial charge in [-0.1, -0.05) is 0 Å². The zero-order chi connectivity index (χ0) is 28.1. The topological polar surface area (TPSA) is 297 Å². The Morgan fingerprint density at radius 3 is 1.92 bits per heavy atom. The van der Waals surface area contributed by atoms with Crippen molar-refractivity contribution in [2.75, 3.05) is 0 Å². The molecular weight excluding hydrogens is 498 g/mol. The van der Waals surface area contributed by atoms with Gasteiger partial charge in [-0.15, -0.1) is 0 Å². The number of nitrogens with one attached hydrogen (secondary N) is 4. The summed E-state index contributed by atoms with van der Waals surface area (Å²) < 4.78 is 0. The monoisotopic (exact) mass is 527 g/mol. The first kappa shape index (κ1) is 30.5. The number of hydrogen-bond donors (Lipinski definition) is 9. The number of rotatable bonds is 17. The molecule has 1 aromatic heterocycles. The fourth-order valence-corrected chi connectivity index (χ4v) is 3.01. The minimum atomic E-state index is -1.54. The van der Waals surface area contributed by atoms with Crippen LogP contribution in [0.1, 0.15) is 37.8 Å². The standard InChI is InChI=1S/C20H29N7O10/c21-10(6-16(31)32)17(33)25-11(2-4-15(29)30)18(34)27-13(5-9-7-23-8-24-9)19(35)26-12(20(36)37)1-3-14(22)28/h7-8,10-13H,1-6,21H2,(H2,22,28)(H,23,24)(H,25,33)(H,26,35)(H,27,34)(H,29,30)(H,31,32)(H,36,37). The van der Waals surface area contributed by atoms with Crippen LogP contribution in [-0.4, -0.2) is 91.0 Å². The lowest BCUT2D eigenvalue weighted by Crippen LogP contribution is -2.57. The highest BCUT2D eigenvalue weighted by atomic mass is 16.4. The van der Waals surface area contributed by atoms with E-state index in [9.17, 15) is 38.7 Å². The molecule has 0 radical (unpaired) electrons. The molecule has 11 N–H and O–H groups in total. The number of amides is 4. The smallest absolute Gasteiger partial charge is 0.326 e. The SMILES string of the molecule is NC(=O)CCC(NC(=O)C(Cc1cnc[nH]1)NC(=O)C(CCC(=O)O)NC(=O)C(N)CC(=O)O)C(=O)O. The van der Waals surface area contributed by atoms with Crippen molar-refractivity contribution in [3.8, 4) is 0 Å². The summed E-state index contributed by atoms with van der Waals surface area (Å²) >= 11 is 0. The molecule has 0 spiro atoms. The molecule has 0 aliphatic rings. The summed E-state index contributed by atoms with van der Waals surface area (Å²) in [7, 11) is 0. The fraction of sp³-hybridized carbons (Fsp3) is 0.500. The van der Waals surface area contributed by atoms with Gasteiger partial charge in [-0.05, 0) is 12.8 Å². The number of carbonyl (C=O) groups excluding carboxylic acids is 4. The van der Waals surface area contributed by atoms with Crippen molar-refractivity contribution in [1.82, 2.24) is 25.9 Å². The molecule has 1 heterocycles. The number of nitrogens with zero attached hydrogens (tertiary/aromatic N) is 1. The number of carboxylic acid groups (broad SMARTS) is 3. The lowest BCUT2D eigenvalue weighted by atomic mass is 10.1. The van der Waals surface area contributed by atoms with Gasteiger partial charge in [-0.2, -0.15) is 0 Å². The van der Waals surface area contributed by atoms with Gasteiger partial charge in [0.05, 0.1) is 18.8 Å². The van der Waals surface area contributed by atoms with Gasteiger partial charge in [-0.25, -0.2) is 9.78 Å². The van der Waals surface area contributed by atoms with Gasteiger partial charge in [0.1, 0.15) is 18.1 Å². The highest BCUT2D eigenvalue weighted by Crippen LogP contribution is 2.06. The maximum Gasteiger partial charge on any atom is 0.326 e. The first-order valence-electron chi connectivity index (χ1n) is 10.9. The second-order valence-electron chi connectivity index (χ2n) is 7.94. The fourth-order valence-electron chi connectivity index (χ4n) is 3.01. The summed E-state index contributed by atoms with van der Waals surface area (Å²) in [5, 5.41) is 33.8. The average molecular weight is 527 g/mol. The van der Waals surface area contributed by atoms with Crippen LogP contribution in [-0.2, 0) is 40.0 Å². The molecule has 0 aliphatic heterocycles. The first-order chi connectivity index (χ1) is 17.3. The Morgan fingerprint density at radius 1 is 0.838 bits per heavy atom. The third-order valence-electron chi connectivity index (χ3n) is 4.92. The summed E-state index contributed by atoms with van der Waals surface area (Å²) in [5.41, 5.74) is 10.9. The molecule has 4 unspecified atom stereocenters. The lowest BCUT2D eigenvalue weighted by Gasteiger charge is -2.24. The van der Waals surface area contributed by atoms with Crippen molar-refractivity contribution in [3.63, 3.8) is 0 Å². The first-order valence-corrected chi connectivity index (χ1v) is 10.9. The van der Waals surface area contributed by atoms with Crippen LogP contribution in [0.4, 0.5) is 0 Å². The van der Waals surface area contributed by atoms with Crippen molar-refractivity contribution in [2.45, 2.75) is 62.7 Å². The number of carbonyl (C=O) groups is 7. The number of aliphatic carboxylic acids is 3. The van der Waals surface area contributed by atoms with E-state index in [-0.39, 0.29) is 19.3 Å². The van der Waals surface area contributed by atoms with Crippen molar-refractivity contribution >= 4 is 41.5 Å². The number of nitrogens with two attached hydrogens (primary N) is 2. The van der Waals surface area contributed by atoms with Crippen LogP contribution in [0.25, 0.3) is 0 Å². The minimum Gasteiger partial charge on any atom is -0.481 e. The molecule has 1 aromatic rings. The summed E-state index contributed by atoms with van der Waals surface area (Å²) in [6.45, 7) is 0. The Balaban J connectivity index is 3.09. The van der Waals surface area contributed by atoms with E-state index in [2.05, 4.69) is 25.9 Å². The molecule has 0 bridgehead atoms. The van der Waals surface area contributed by atoms with Crippen LogP contribution in [0.15, 0.2) is 12.5 Å². The normalized spacial score (nSPS) is 13.9. The molecule has 0 aromatic carbocycles. The molecular formula is C20H29N7O10. The molecule has 4 atom stereocenters. The predicted octanol–water partition coefficient (Wildman–Crippen LogP) is -3.58. The number of carboxylic acids is 3. The largest absolute Gasteiger partial charge is 0.481 e. The Labute approximate surface area is 209 Å².